The Morgan fingerprint density at radius 3 is 2.55 bits per heavy atom. The van der Waals surface area contributed by atoms with E-state index in [1.807, 2.05) is 38.1 Å². The Hall–Kier alpha value is -2.36. The van der Waals surface area contributed by atoms with E-state index in [2.05, 4.69) is 10.6 Å². The van der Waals surface area contributed by atoms with Crippen molar-refractivity contribution in [1.82, 2.24) is 15.5 Å². The zero-order chi connectivity index (χ0) is 22.5. The summed E-state index contributed by atoms with van der Waals surface area (Å²) >= 11 is 0. The van der Waals surface area contributed by atoms with Crippen LogP contribution in [-0.4, -0.2) is 86.8 Å². The molecule has 9 nitrogen and oxygen atoms in total. The second kappa shape index (κ2) is 13.8. The number of nitrogens with one attached hydrogen (secondary N) is 2. The lowest BCUT2D eigenvalue weighted by molar-refractivity contribution is -0.147. The predicted octanol–water partition coefficient (Wildman–Crippen LogP) is 0.942. The molecule has 9 heteroatoms. The van der Waals surface area contributed by atoms with E-state index in [1.54, 1.807) is 4.90 Å². The first-order valence-electron chi connectivity index (χ1n) is 10.8. The molecule has 0 aliphatic carbocycles. The van der Waals surface area contributed by atoms with Crippen LogP contribution in [0.3, 0.4) is 0 Å². The maximum atomic E-state index is 11.9. The molecule has 0 radical (unpaired) electrons. The highest BCUT2D eigenvalue weighted by atomic mass is 16.5. The van der Waals surface area contributed by atoms with Crippen LogP contribution in [0.5, 0.6) is 5.75 Å². The normalized spacial score (nSPS) is 14.9. The highest BCUT2D eigenvalue weighted by Gasteiger charge is 2.15. The van der Waals surface area contributed by atoms with Crippen LogP contribution >= 0.6 is 0 Å². The lowest BCUT2D eigenvalue weighted by Gasteiger charge is -2.27. The smallest absolute Gasteiger partial charge is 0.317 e. The van der Waals surface area contributed by atoms with Crippen LogP contribution < -0.4 is 15.4 Å². The topological polar surface area (TPSA) is 109 Å². The number of carbonyl (C=O) groups excluding carboxylic acids is 2. The molecule has 1 fully saturated rings. The number of ether oxygens (including phenoxy) is 3. The third kappa shape index (κ3) is 10.5. The molecule has 1 atom stereocenters. The Bertz CT molecular complexity index is 662. The van der Waals surface area contributed by atoms with Gasteiger partial charge in [-0.1, -0.05) is 12.1 Å². The van der Waals surface area contributed by atoms with Gasteiger partial charge >= 0.3 is 12.0 Å². The summed E-state index contributed by atoms with van der Waals surface area (Å²) in [4.78, 5) is 25.3. The lowest BCUT2D eigenvalue weighted by atomic mass is 10.1. The van der Waals surface area contributed by atoms with Gasteiger partial charge in [0.25, 0.3) is 0 Å². The van der Waals surface area contributed by atoms with Crippen molar-refractivity contribution in [2.75, 3.05) is 52.5 Å². The van der Waals surface area contributed by atoms with Crippen LogP contribution in [0.2, 0.25) is 0 Å². The monoisotopic (exact) mass is 437 g/mol. The van der Waals surface area contributed by atoms with Crippen molar-refractivity contribution in [1.29, 1.82) is 0 Å². The minimum absolute atomic E-state index is 0.0887. The Balaban J connectivity index is 1.54. The number of esters is 1. The number of benzene rings is 1. The van der Waals surface area contributed by atoms with Crippen molar-refractivity contribution >= 4 is 12.0 Å². The van der Waals surface area contributed by atoms with Crippen molar-refractivity contribution in [3.63, 3.8) is 0 Å². The Labute approximate surface area is 184 Å². The van der Waals surface area contributed by atoms with Crippen LogP contribution in [0, 0.1) is 0 Å². The van der Waals surface area contributed by atoms with Gasteiger partial charge in [0.1, 0.15) is 18.5 Å². The van der Waals surface area contributed by atoms with Gasteiger partial charge in [-0.2, -0.15) is 0 Å². The second-order valence-electron chi connectivity index (χ2n) is 7.68. The number of aliphatic hydroxyl groups is 1. The number of aliphatic hydroxyl groups excluding tert-OH is 1. The van der Waals surface area contributed by atoms with E-state index in [1.165, 1.54) is 0 Å². The molecule has 0 unspecified atom stereocenters. The summed E-state index contributed by atoms with van der Waals surface area (Å²) in [6.07, 6.45) is 0.189. The van der Waals surface area contributed by atoms with Crippen LogP contribution in [0.1, 0.15) is 25.8 Å². The molecular formula is C22H35N3O6. The standard InChI is InChI=1S/C22H35N3O6/c1-17(2)31-21(27)8-5-18-3-6-20(7-4-18)30-16-19(26)15-23-9-10-24-22(28)25-11-13-29-14-12-25/h3-4,6-7,17,19,23,26H,5,8-16H2,1-2H3,(H,24,28)/t19-/m0/s1. The second-order valence-corrected chi connectivity index (χ2v) is 7.68. The molecule has 1 aromatic carbocycles. The molecule has 0 bridgehead atoms. The van der Waals surface area contributed by atoms with Crippen LogP contribution in [0.15, 0.2) is 24.3 Å². The quantitative estimate of drug-likeness (QED) is 0.330. The van der Waals surface area contributed by atoms with E-state index < -0.39 is 6.10 Å². The first kappa shape index (κ1) is 24.9. The molecule has 3 N–H and O–H groups in total. The fourth-order valence-corrected chi connectivity index (χ4v) is 2.98. The molecular weight excluding hydrogens is 402 g/mol. The van der Waals surface area contributed by atoms with E-state index in [-0.39, 0.29) is 24.7 Å². The number of morpholine rings is 1. The summed E-state index contributed by atoms with van der Waals surface area (Å²) in [6, 6.07) is 7.36. The van der Waals surface area contributed by atoms with Gasteiger partial charge in [0.05, 0.1) is 19.3 Å². The number of urea groups is 1. The summed E-state index contributed by atoms with van der Waals surface area (Å²) in [6.45, 7) is 7.60. The first-order valence-corrected chi connectivity index (χ1v) is 10.8. The Morgan fingerprint density at radius 1 is 1.16 bits per heavy atom. The molecule has 31 heavy (non-hydrogen) atoms. The predicted molar refractivity (Wildman–Crippen MR) is 116 cm³/mol. The molecule has 1 aromatic rings. The molecule has 1 heterocycles. The minimum Gasteiger partial charge on any atom is -0.491 e. The van der Waals surface area contributed by atoms with Gasteiger partial charge in [-0.15, -0.1) is 0 Å². The maximum absolute atomic E-state index is 11.9. The molecule has 0 aromatic heterocycles. The largest absolute Gasteiger partial charge is 0.491 e. The average molecular weight is 438 g/mol. The van der Waals surface area contributed by atoms with Crippen molar-refractivity contribution < 1.29 is 28.9 Å². The molecule has 1 saturated heterocycles. The number of hydrogen-bond donors (Lipinski definition) is 3. The highest BCUT2D eigenvalue weighted by molar-refractivity contribution is 5.74. The third-order valence-electron chi connectivity index (χ3n) is 4.61. The Morgan fingerprint density at radius 2 is 1.87 bits per heavy atom. The SMILES string of the molecule is CC(C)OC(=O)CCc1ccc(OC[C@@H](O)CNCCNC(=O)N2CCOCC2)cc1. The number of carbonyl (C=O) groups is 2. The number of amides is 2. The van der Waals surface area contributed by atoms with Gasteiger partial charge in [0.15, 0.2) is 0 Å². The summed E-state index contributed by atoms with van der Waals surface area (Å²) in [5, 5.41) is 16.0. The van der Waals surface area contributed by atoms with E-state index in [0.29, 0.717) is 64.5 Å². The zero-order valence-electron chi connectivity index (χ0n) is 18.5. The summed E-state index contributed by atoms with van der Waals surface area (Å²) in [5.41, 5.74) is 1.02. The van der Waals surface area contributed by atoms with Gasteiger partial charge < -0.3 is 34.9 Å². The third-order valence-corrected chi connectivity index (χ3v) is 4.61. The molecule has 0 spiro atoms. The van der Waals surface area contributed by atoms with Crippen molar-refractivity contribution in [2.45, 2.75) is 38.9 Å². The Kier molecular flexibility index (Phi) is 11.1. The van der Waals surface area contributed by atoms with Crippen molar-refractivity contribution in [2.24, 2.45) is 0 Å². The van der Waals surface area contributed by atoms with Gasteiger partial charge in [-0.05, 0) is 38.0 Å². The summed E-state index contributed by atoms with van der Waals surface area (Å²) in [7, 11) is 0. The van der Waals surface area contributed by atoms with E-state index in [9.17, 15) is 14.7 Å². The van der Waals surface area contributed by atoms with Gasteiger partial charge in [-0.25, -0.2) is 4.79 Å². The highest BCUT2D eigenvalue weighted by Crippen LogP contribution is 2.14. The number of hydrogen-bond acceptors (Lipinski definition) is 7. The fourth-order valence-electron chi connectivity index (χ4n) is 2.98. The lowest BCUT2D eigenvalue weighted by Crippen LogP contribution is -2.47. The number of aryl methyl sites for hydroxylation is 1. The van der Waals surface area contributed by atoms with Crippen LogP contribution in [0.25, 0.3) is 0 Å². The van der Waals surface area contributed by atoms with Gasteiger partial charge in [0.2, 0.25) is 0 Å². The molecule has 2 rings (SSSR count). The van der Waals surface area contributed by atoms with Crippen LogP contribution in [0.4, 0.5) is 4.79 Å². The van der Waals surface area contributed by atoms with Crippen molar-refractivity contribution in [3.8, 4) is 5.75 Å². The summed E-state index contributed by atoms with van der Waals surface area (Å²) in [5.74, 6) is 0.456. The van der Waals surface area contributed by atoms with E-state index >= 15 is 0 Å². The van der Waals surface area contributed by atoms with Crippen LogP contribution in [-0.2, 0) is 20.7 Å². The van der Waals surface area contributed by atoms with Crippen molar-refractivity contribution in [3.05, 3.63) is 29.8 Å². The molecule has 1 aliphatic rings. The number of nitrogens with zero attached hydrogens (tertiary/aromatic N) is 1. The van der Waals surface area contributed by atoms with E-state index in [4.69, 9.17) is 14.2 Å². The fraction of sp³-hybridized carbons (Fsp3) is 0.636. The maximum Gasteiger partial charge on any atom is 0.317 e. The molecule has 0 saturated carbocycles. The minimum atomic E-state index is -0.666. The summed E-state index contributed by atoms with van der Waals surface area (Å²) < 4.78 is 15.9. The van der Waals surface area contributed by atoms with E-state index in [0.717, 1.165) is 5.56 Å². The average Bonchev–Trinajstić information content (AvgIpc) is 2.76. The molecule has 1 aliphatic heterocycles. The molecule has 174 valence electrons. The first-order chi connectivity index (χ1) is 14.9. The van der Waals surface area contributed by atoms with Gasteiger partial charge in [0, 0.05) is 39.1 Å². The zero-order valence-corrected chi connectivity index (χ0v) is 18.5. The number of rotatable bonds is 12. The van der Waals surface area contributed by atoms with Gasteiger partial charge in [-0.3, -0.25) is 4.79 Å². The molecule has 2 amide bonds.